The number of anilines is 1. The Kier molecular flexibility index (Phi) is 6.22. The molecule has 3 rings (SSSR count). The molecule has 0 spiro atoms. The number of hydrogen-bond acceptors (Lipinski definition) is 6. The van der Waals surface area contributed by atoms with Gasteiger partial charge in [-0.05, 0) is 23.3 Å². The standard InChI is InChI=1S/C18H19ClF4N6O/c19-16-15(7-26-27-17(16)30)28-4-3-14(13(24)9-28)29(25)8-10-1-2-12(20)5-11(10)6-18(21,22)23/h1-2,5,7H,3-4,6,8-9,24-25H2,(H,27,30). The Hall–Kier alpha value is -2.79. The molecule has 1 aliphatic heterocycles. The molecule has 1 aromatic heterocycles. The molecular formula is C18H19ClF4N6O. The average Bonchev–Trinajstić information content (AvgIpc) is 2.64. The predicted molar refractivity (Wildman–Crippen MR) is 104 cm³/mol. The minimum atomic E-state index is -4.48. The monoisotopic (exact) mass is 446 g/mol. The molecule has 30 heavy (non-hydrogen) atoms. The van der Waals surface area contributed by atoms with Crippen LogP contribution in [-0.4, -0.2) is 34.5 Å². The minimum Gasteiger partial charge on any atom is -0.399 e. The number of hydrogen-bond donors (Lipinski definition) is 3. The van der Waals surface area contributed by atoms with E-state index in [9.17, 15) is 22.4 Å². The Morgan fingerprint density at radius 1 is 1.30 bits per heavy atom. The van der Waals surface area contributed by atoms with Crippen LogP contribution in [-0.2, 0) is 13.0 Å². The van der Waals surface area contributed by atoms with Crippen LogP contribution < -0.4 is 22.0 Å². The number of rotatable bonds is 5. The van der Waals surface area contributed by atoms with Crippen molar-refractivity contribution in [1.29, 1.82) is 0 Å². The van der Waals surface area contributed by atoms with Crippen molar-refractivity contribution in [3.05, 3.63) is 68.1 Å². The number of halogens is 5. The largest absolute Gasteiger partial charge is 0.399 e. The summed E-state index contributed by atoms with van der Waals surface area (Å²) in [7, 11) is 0. The SMILES string of the molecule is NC1=C(N(N)Cc2ccc(F)cc2CC(F)(F)F)CCN(c2cn[nH]c(=O)c2Cl)C1. The van der Waals surface area contributed by atoms with E-state index in [1.807, 2.05) is 0 Å². The van der Waals surface area contributed by atoms with Crippen molar-refractivity contribution >= 4 is 17.3 Å². The van der Waals surface area contributed by atoms with Gasteiger partial charge in [-0.2, -0.15) is 18.3 Å². The summed E-state index contributed by atoms with van der Waals surface area (Å²) in [4.78, 5) is 13.4. The van der Waals surface area contributed by atoms with Gasteiger partial charge < -0.3 is 15.6 Å². The van der Waals surface area contributed by atoms with Crippen LogP contribution >= 0.6 is 11.6 Å². The summed E-state index contributed by atoms with van der Waals surface area (Å²) >= 11 is 6.02. The van der Waals surface area contributed by atoms with Gasteiger partial charge in [-0.3, -0.25) is 4.79 Å². The molecule has 0 atom stereocenters. The van der Waals surface area contributed by atoms with Gasteiger partial charge in [-0.25, -0.2) is 15.3 Å². The number of alkyl halides is 3. The second-order valence-electron chi connectivity index (χ2n) is 6.87. The van der Waals surface area contributed by atoms with Crippen molar-refractivity contribution < 1.29 is 17.6 Å². The molecule has 5 N–H and O–H groups in total. The van der Waals surface area contributed by atoms with E-state index >= 15 is 0 Å². The summed E-state index contributed by atoms with van der Waals surface area (Å²) in [6, 6.07) is 3.23. The van der Waals surface area contributed by atoms with Gasteiger partial charge in [0.1, 0.15) is 10.8 Å². The highest BCUT2D eigenvalue weighted by molar-refractivity contribution is 6.33. The van der Waals surface area contributed by atoms with Gasteiger partial charge in [-0.1, -0.05) is 17.7 Å². The Morgan fingerprint density at radius 3 is 2.70 bits per heavy atom. The van der Waals surface area contributed by atoms with Crippen molar-refractivity contribution in [2.24, 2.45) is 11.6 Å². The van der Waals surface area contributed by atoms with Crippen molar-refractivity contribution in [2.45, 2.75) is 25.6 Å². The summed E-state index contributed by atoms with van der Waals surface area (Å²) in [6.07, 6.45) is -3.97. The first-order valence-corrected chi connectivity index (χ1v) is 9.25. The molecule has 0 fully saturated rings. The van der Waals surface area contributed by atoms with Crippen LogP contribution in [0.15, 0.2) is 40.6 Å². The number of nitrogens with zero attached hydrogens (tertiary/aromatic N) is 3. The van der Waals surface area contributed by atoms with Crippen LogP contribution in [0.2, 0.25) is 5.02 Å². The van der Waals surface area contributed by atoms with E-state index < -0.39 is 24.0 Å². The van der Waals surface area contributed by atoms with Crippen molar-refractivity contribution in [3.8, 4) is 0 Å². The van der Waals surface area contributed by atoms with Crippen molar-refractivity contribution in [3.63, 3.8) is 0 Å². The summed E-state index contributed by atoms with van der Waals surface area (Å²) in [5.41, 5.74) is 7.01. The fourth-order valence-corrected chi connectivity index (χ4v) is 3.52. The molecule has 0 unspecified atom stereocenters. The second kappa shape index (κ2) is 8.52. The quantitative estimate of drug-likeness (QED) is 0.370. The zero-order valence-electron chi connectivity index (χ0n) is 15.6. The highest BCUT2D eigenvalue weighted by atomic mass is 35.5. The Labute approximate surface area is 173 Å². The molecule has 0 radical (unpaired) electrons. The fraction of sp³-hybridized carbons (Fsp3) is 0.333. The fourth-order valence-electron chi connectivity index (χ4n) is 3.31. The highest BCUT2D eigenvalue weighted by Crippen LogP contribution is 2.28. The van der Waals surface area contributed by atoms with Crippen LogP contribution in [0.3, 0.4) is 0 Å². The van der Waals surface area contributed by atoms with Crippen LogP contribution in [0.5, 0.6) is 0 Å². The Bertz CT molecular complexity index is 1020. The number of benzene rings is 1. The highest BCUT2D eigenvalue weighted by Gasteiger charge is 2.30. The predicted octanol–water partition coefficient (Wildman–Crippen LogP) is 2.42. The topological polar surface area (TPSA) is 104 Å². The van der Waals surface area contributed by atoms with Gasteiger partial charge in [0.25, 0.3) is 5.56 Å². The minimum absolute atomic E-state index is 0.0195. The zero-order chi connectivity index (χ0) is 22.1. The molecule has 2 aromatic rings. The number of nitrogens with one attached hydrogen (secondary N) is 1. The van der Waals surface area contributed by atoms with Crippen LogP contribution in [0, 0.1) is 5.82 Å². The van der Waals surface area contributed by atoms with Gasteiger partial charge in [0.15, 0.2) is 0 Å². The van der Waals surface area contributed by atoms with Crippen molar-refractivity contribution in [2.75, 3.05) is 18.0 Å². The third-order valence-electron chi connectivity index (χ3n) is 4.71. The molecule has 1 aromatic carbocycles. The first-order chi connectivity index (χ1) is 14.0. The molecule has 0 bridgehead atoms. The van der Waals surface area contributed by atoms with Crippen LogP contribution in [0.25, 0.3) is 0 Å². The molecular weight excluding hydrogens is 428 g/mol. The normalized spacial score (nSPS) is 14.9. The number of aromatic amines is 1. The molecule has 7 nitrogen and oxygen atoms in total. The maximum absolute atomic E-state index is 13.5. The number of hydrazine groups is 1. The number of nitrogens with two attached hydrogens (primary N) is 2. The zero-order valence-corrected chi connectivity index (χ0v) is 16.4. The first kappa shape index (κ1) is 21.9. The van der Waals surface area contributed by atoms with E-state index in [-0.39, 0.29) is 29.2 Å². The average molecular weight is 447 g/mol. The second-order valence-corrected chi connectivity index (χ2v) is 7.25. The lowest BCUT2D eigenvalue weighted by Crippen LogP contribution is -2.42. The number of H-pyrrole nitrogens is 1. The molecule has 162 valence electrons. The van der Waals surface area contributed by atoms with Crippen LogP contribution in [0.4, 0.5) is 23.2 Å². The molecule has 0 saturated carbocycles. The van der Waals surface area contributed by atoms with E-state index in [1.54, 1.807) is 4.90 Å². The third-order valence-corrected chi connectivity index (χ3v) is 5.08. The van der Waals surface area contributed by atoms with E-state index in [1.165, 1.54) is 17.3 Å². The Balaban J connectivity index is 1.79. The lowest BCUT2D eigenvalue weighted by atomic mass is 10.0. The summed E-state index contributed by atoms with van der Waals surface area (Å²) < 4.78 is 51.9. The van der Waals surface area contributed by atoms with E-state index in [0.29, 0.717) is 30.0 Å². The lowest BCUT2D eigenvalue weighted by molar-refractivity contribution is -0.127. The van der Waals surface area contributed by atoms with Gasteiger partial charge in [0.05, 0.1) is 37.1 Å². The van der Waals surface area contributed by atoms with E-state index in [2.05, 4.69) is 10.2 Å². The summed E-state index contributed by atoms with van der Waals surface area (Å²) in [6.45, 7) is 0.537. The van der Waals surface area contributed by atoms with Gasteiger partial charge in [-0.15, -0.1) is 0 Å². The maximum Gasteiger partial charge on any atom is 0.393 e. The van der Waals surface area contributed by atoms with Gasteiger partial charge >= 0.3 is 6.18 Å². The van der Waals surface area contributed by atoms with Gasteiger partial charge in [0, 0.05) is 18.7 Å². The molecule has 2 heterocycles. The van der Waals surface area contributed by atoms with E-state index in [0.717, 1.165) is 12.1 Å². The number of aromatic nitrogens is 2. The van der Waals surface area contributed by atoms with Gasteiger partial charge in [0.2, 0.25) is 0 Å². The Morgan fingerprint density at radius 2 is 2.03 bits per heavy atom. The molecule has 1 aliphatic rings. The molecule has 12 heteroatoms. The molecule has 0 amide bonds. The molecule has 0 saturated heterocycles. The van der Waals surface area contributed by atoms with Crippen molar-refractivity contribution in [1.82, 2.24) is 15.2 Å². The summed E-state index contributed by atoms with van der Waals surface area (Å²) in [5, 5.41) is 7.19. The first-order valence-electron chi connectivity index (χ1n) is 8.87. The van der Waals surface area contributed by atoms with Crippen LogP contribution in [0.1, 0.15) is 17.5 Å². The summed E-state index contributed by atoms with van der Waals surface area (Å²) in [5.74, 6) is 5.34. The molecule has 0 aliphatic carbocycles. The maximum atomic E-state index is 13.5. The smallest absolute Gasteiger partial charge is 0.393 e. The lowest BCUT2D eigenvalue weighted by Gasteiger charge is -2.34. The van der Waals surface area contributed by atoms with E-state index in [4.69, 9.17) is 23.2 Å². The third kappa shape index (κ3) is 5.03.